The van der Waals surface area contributed by atoms with Gasteiger partial charge >= 0.3 is 6.16 Å². The van der Waals surface area contributed by atoms with Crippen LogP contribution in [0.3, 0.4) is 0 Å². The summed E-state index contributed by atoms with van der Waals surface area (Å²) >= 11 is 0. The van der Waals surface area contributed by atoms with Crippen LogP contribution in [0.2, 0.25) is 0 Å². The molecule has 6 atom stereocenters. The number of likely N-dealkylation sites (N-methyl/N-ethyl adjacent to an activating group) is 1. The number of methoxy groups -OCH3 is 1. The SMILES string of the molecule is COc1ccc2c3c1O[C@H]1[C@@H](O)C=C[C@H]4C(C2)[N@+](C)(COC(=O)OC2CCCCC2)CC[C@@]341. The van der Waals surface area contributed by atoms with Crippen LogP contribution in [0, 0.1) is 5.92 Å². The van der Waals surface area contributed by atoms with Crippen LogP contribution in [0.25, 0.3) is 0 Å². The minimum atomic E-state index is -0.650. The third kappa shape index (κ3) is 3.04. The minimum absolute atomic E-state index is 0.00435. The second-order valence-corrected chi connectivity index (χ2v) is 10.7. The van der Waals surface area contributed by atoms with Gasteiger partial charge in [-0.25, -0.2) is 4.79 Å². The minimum Gasteiger partial charge on any atom is -0.493 e. The fourth-order valence-electron chi connectivity index (χ4n) is 7.36. The average molecular weight is 457 g/mol. The van der Waals surface area contributed by atoms with Crippen molar-refractivity contribution in [3.8, 4) is 11.5 Å². The average Bonchev–Trinajstić information content (AvgIpc) is 3.18. The number of nitrogens with zero attached hydrogens (tertiary/aromatic N) is 1. The Morgan fingerprint density at radius 1 is 1.24 bits per heavy atom. The van der Waals surface area contributed by atoms with Crippen molar-refractivity contribution in [1.82, 2.24) is 0 Å². The number of quaternary nitrogens is 1. The normalized spacial score (nSPS) is 38.3. The van der Waals surface area contributed by atoms with E-state index in [0.717, 1.165) is 56.6 Å². The second kappa shape index (κ2) is 7.64. The zero-order valence-corrected chi connectivity index (χ0v) is 19.5. The summed E-state index contributed by atoms with van der Waals surface area (Å²) in [4.78, 5) is 12.5. The first-order valence-electron chi connectivity index (χ1n) is 12.4. The van der Waals surface area contributed by atoms with Crippen molar-refractivity contribution >= 4 is 6.16 Å². The number of carbonyl (C=O) groups is 1. The summed E-state index contributed by atoms with van der Waals surface area (Å²) in [5.74, 6) is 1.73. The summed E-state index contributed by atoms with van der Waals surface area (Å²) in [5.41, 5.74) is 2.21. The summed E-state index contributed by atoms with van der Waals surface area (Å²) < 4.78 is 24.0. The molecular weight excluding hydrogens is 422 g/mol. The van der Waals surface area contributed by atoms with Crippen molar-refractivity contribution in [2.75, 3.05) is 27.4 Å². The molecule has 1 saturated heterocycles. The molecule has 6 rings (SSSR count). The van der Waals surface area contributed by atoms with Crippen molar-refractivity contribution in [3.63, 3.8) is 0 Å². The van der Waals surface area contributed by atoms with E-state index in [-0.39, 0.29) is 29.6 Å². The van der Waals surface area contributed by atoms with E-state index >= 15 is 0 Å². The number of ether oxygens (including phenoxy) is 4. The highest BCUT2D eigenvalue weighted by Gasteiger charge is 2.68. The molecule has 5 aliphatic rings. The molecule has 33 heavy (non-hydrogen) atoms. The van der Waals surface area contributed by atoms with Gasteiger partial charge in [-0.15, -0.1) is 0 Å². The lowest BCUT2D eigenvalue weighted by atomic mass is 9.53. The second-order valence-electron chi connectivity index (χ2n) is 10.7. The first-order valence-corrected chi connectivity index (χ1v) is 12.4. The summed E-state index contributed by atoms with van der Waals surface area (Å²) in [6, 6.07) is 4.34. The maximum atomic E-state index is 12.5. The lowest BCUT2D eigenvalue weighted by molar-refractivity contribution is -0.958. The predicted molar refractivity (Wildman–Crippen MR) is 120 cm³/mol. The van der Waals surface area contributed by atoms with Crippen LogP contribution in [0.5, 0.6) is 11.5 Å². The quantitative estimate of drug-likeness (QED) is 0.425. The largest absolute Gasteiger partial charge is 0.512 e. The van der Waals surface area contributed by atoms with Gasteiger partial charge in [0.2, 0.25) is 6.73 Å². The maximum absolute atomic E-state index is 12.5. The molecular formula is C26H34NO6+. The van der Waals surface area contributed by atoms with Crippen molar-refractivity contribution < 1.29 is 33.3 Å². The summed E-state index contributed by atoms with van der Waals surface area (Å²) in [6.45, 7) is 1.14. The molecule has 3 aliphatic carbocycles. The molecule has 7 nitrogen and oxygen atoms in total. The molecule has 2 fully saturated rings. The van der Waals surface area contributed by atoms with Crippen LogP contribution in [0.15, 0.2) is 24.3 Å². The Bertz CT molecular complexity index is 987. The molecule has 0 radical (unpaired) electrons. The van der Waals surface area contributed by atoms with Gasteiger partial charge in [0.1, 0.15) is 24.4 Å². The van der Waals surface area contributed by atoms with Gasteiger partial charge in [0.25, 0.3) is 0 Å². The van der Waals surface area contributed by atoms with Crippen LogP contribution in [0.4, 0.5) is 4.79 Å². The van der Waals surface area contributed by atoms with Gasteiger partial charge in [0.05, 0.1) is 26.1 Å². The van der Waals surface area contributed by atoms with Crippen molar-refractivity contribution in [2.24, 2.45) is 5.92 Å². The van der Waals surface area contributed by atoms with Gasteiger partial charge in [0.15, 0.2) is 11.5 Å². The topological polar surface area (TPSA) is 74.2 Å². The van der Waals surface area contributed by atoms with E-state index in [0.29, 0.717) is 11.2 Å². The standard InChI is InChI=1S/C26H34NO6/c1-27(15-31-25(29)32-17-6-4-3-5-7-17)13-12-26-18-9-10-20(28)24(26)33-23-21(30-2)11-8-16(22(23)26)14-19(18)27/h8-11,17-20,24,28H,3-7,12-15H2,1-2H3/q+1/t18-,19?,20-,24-,26-,27-/m0/s1. The Morgan fingerprint density at radius 3 is 2.85 bits per heavy atom. The van der Waals surface area contributed by atoms with E-state index in [1.807, 2.05) is 12.1 Å². The molecule has 2 aliphatic heterocycles. The molecule has 1 aromatic rings. The van der Waals surface area contributed by atoms with Crippen molar-refractivity contribution in [3.05, 3.63) is 35.4 Å². The smallest absolute Gasteiger partial charge is 0.493 e. The molecule has 7 heteroatoms. The molecule has 1 unspecified atom stereocenters. The Kier molecular flexibility index (Phi) is 4.93. The van der Waals surface area contributed by atoms with E-state index in [1.165, 1.54) is 17.5 Å². The van der Waals surface area contributed by atoms with Gasteiger partial charge in [-0.3, -0.25) is 4.48 Å². The number of hydrogen-bond donors (Lipinski definition) is 1. The highest BCUT2D eigenvalue weighted by Crippen LogP contribution is 2.63. The van der Waals surface area contributed by atoms with E-state index in [9.17, 15) is 9.90 Å². The van der Waals surface area contributed by atoms with E-state index in [2.05, 4.69) is 19.2 Å². The van der Waals surface area contributed by atoms with Crippen molar-refractivity contribution in [1.29, 1.82) is 0 Å². The molecule has 0 aromatic heterocycles. The highest BCUT2D eigenvalue weighted by atomic mass is 16.7. The Balaban J connectivity index is 1.28. The summed E-state index contributed by atoms with van der Waals surface area (Å²) in [7, 11) is 3.85. The van der Waals surface area contributed by atoms with Gasteiger partial charge in [-0.05, 0) is 37.3 Å². The molecule has 2 bridgehead atoms. The van der Waals surface area contributed by atoms with Gasteiger partial charge in [-0.1, -0.05) is 24.6 Å². The number of likely N-dealkylation sites (tertiary alicyclic amines) is 1. The van der Waals surface area contributed by atoms with Gasteiger partial charge in [-0.2, -0.15) is 0 Å². The predicted octanol–water partition coefficient (Wildman–Crippen LogP) is 3.46. The maximum Gasteiger partial charge on any atom is 0.512 e. The highest BCUT2D eigenvalue weighted by molar-refractivity contribution is 5.62. The Hall–Kier alpha value is -2.25. The lowest BCUT2D eigenvalue weighted by Gasteiger charge is -2.59. The molecule has 1 aromatic carbocycles. The van der Waals surface area contributed by atoms with Crippen LogP contribution in [-0.4, -0.2) is 67.5 Å². The molecule has 1 N–H and O–H groups in total. The van der Waals surface area contributed by atoms with Crippen LogP contribution in [-0.2, 0) is 21.3 Å². The van der Waals surface area contributed by atoms with Crippen LogP contribution < -0.4 is 9.47 Å². The number of piperidine rings is 1. The van der Waals surface area contributed by atoms with Crippen LogP contribution in [0.1, 0.15) is 49.7 Å². The third-order valence-electron chi connectivity index (χ3n) is 9.04. The number of rotatable bonds is 4. The van der Waals surface area contributed by atoms with E-state index < -0.39 is 12.3 Å². The van der Waals surface area contributed by atoms with Crippen LogP contribution >= 0.6 is 0 Å². The number of carbonyl (C=O) groups excluding carboxylic acids is 1. The molecule has 1 spiro atoms. The van der Waals surface area contributed by atoms with Crippen molar-refractivity contribution in [2.45, 2.75) is 74.7 Å². The Labute approximate surface area is 194 Å². The summed E-state index contributed by atoms with van der Waals surface area (Å²) in [5, 5.41) is 10.9. The number of hydrogen-bond acceptors (Lipinski definition) is 6. The molecule has 1 saturated carbocycles. The Morgan fingerprint density at radius 2 is 2.06 bits per heavy atom. The molecule has 0 amide bonds. The lowest BCUT2D eigenvalue weighted by Crippen LogP contribution is -2.71. The van der Waals surface area contributed by atoms with E-state index in [4.69, 9.17) is 18.9 Å². The number of aliphatic hydroxyl groups excluding tert-OH is 1. The first-order chi connectivity index (χ1) is 16.0. The summed E-state index contributed by atoms with van der Waals surface area (Å²) in [6.07, 6.45) is 9.61. The fourth-order valence-corrected chi connectivity index (χ4v) is 7.36. The monoisotopic (exact) mass is 456 g/mol. The number of benzene rings is 1. The van der Waals surface area contributed by atoms with Gasteiger partial charge < -0.3 is 24.1 Å². The van der Waals surface area contributed by atoms with E-state index in [1.54, 1.807) is 7.11 Å². The first kappa shape index (κ1) is 21.3. The third-order valence-corrected chi connectivity index (χ3v) is 9.04. The number of aliphatic hydroxyl groups is 1. The molecule has 2 heterocycles. The zero-order chi connectivity index (χ0) is 22.8. The fraction of sp³-hybridized carbons (Fsp3) is 0.654. The zero-order valence-electron chi connectivity index (χ0n) is 19.5. The molecule has 178 valence electrons. The van der Waals surface area contributed by atoms with Gasteiger partial charge in [0, 0.05) is 24.3 Å².